The van der Waals surface area contributed by atoms with Crippen LogP contribution in [0.15, 0.2) is 0 Å². The van der Waals surface area contributed by atoms with Crippen LogP contribution in [0.4, 0.5) is 0 Å². The van der Waals surface area contributed by atoms with Crippen LogP contribution in [-0.2, 0) is 4.74 Å². The number of aliphatic hydroxyl groups excluding tert-OH is 1. The van der Waals surface area contributed by atoms with Gasteiger partial charge in [-0.3, -0.25) is 0 Å². The monoisotopic (exact) mass is 214 g/mol. The zero-order chi connectivity index (χ0) is 11.2. The molecule has 2 rings (SSSR count). The lowest BCUT2D eigenvalue weighted by molar-refractivity contribution is -0.261. The van der Waals surface area contributed by atoms with Crippen LogP contribution in [0.3, 0.4) is 0 Å². The van der Waals surface area contributed by atoms with Crippen molar-refractivity contribution in [1.82, 2.24) is 0 Å². The largest absolute Gasteiger partial charge is 0.396 e. The molecule has 3 nitrogen and oxygen atoms in total. The molecule has 2 aliphatic rings. The maximum Gasteiger partial charge on any atom is 0.119 e. The molecular weight excluding hydrogens is 192 g/mol. The molecule has 2 N–H and O–H groups in total. The smallest absolute Gasteiger partial charge is 0.119 e. The van der Waals surface area contributed by atoms with Crippen LogP contribution in [-0.4, -0.2) is 35.6 Å². The Bertz CT molecular complexity index is 233. The van der Waals surface area contributed by atoms with Crippen molar-refractivity contribution < 1.29 is 14.9 Å². The lowest BCUT2D eigenvalue weighted by Gasteiger charge is -2.55. The lowest BCUT2D eigenvalue weighted by atomic mass is 9.58. The summed E-state index contributed by atoms with van der Waals surface area (Å²) in [5.74, 6) is 0. The van der Waals surface area contributed by atoms with Crippen molar-refractivity contribution in [3.8, 4) is 0 Å². The van der Waals surface area contributed by atoms with Crippen LogP contribution >= 0.6 is 0 Å². The van der Waals surface area contributed by atoms with Crippen molar-refractivity contribution in [3.05, 3.63) is 0 Å². The van der Waals surface area contributed by atoms with E-state index < -0.39 is 5.60 Å². The maximum absolute atomic E-state index is 10.4. The van der Waals surface area contributed by atoms with Gasteiger partial charge in [-0.15, -0.1) is 0 Å². The van der Waals surface area contributed by atoms with E-state index in [1.54, 1.807) is 0 Å². The summed E-state index contributed by atoms with van der Waals surface area (Å²) in [6.45, 7) is 5.40. The number of ether oxygens (including phenoxy) is 1. The number of hydrogen-bond acceptors (Lipinski definition) is 3. The molecule has 15 heavy (non-hydrogen) atoms. The van der Waals surface area contributed by atoms with E-state index in [9.17, 15) is 10.2 Å². The highest BCUT2D eigenvalue weighted by Gasteiger charge is 2.56. The fraction of sp³-hybridized carbons (Fsp3) is 1.00. The Balaban J connectivity index is 2.11. The van der Waals surface area contributed by atoms with E-state index in [1.165, 1.54) is 0 Å². The lowest BCUT2D eigenvalue weighted by Crippen LogP contribution is -2.64. The molecule has 3 heteroatoms. The molecule has 0 bridgehead atoms. The fourth-order valence-corrected chi connectivity index (χ4v) is 2.78. The van der Waals surface area contributed by atoms with Gasteiger partial charge >= 0.3 is 0 Å². The van der Waals surface area contributed by atoms with E-state index in [0.717, 1.165) is 25.7 Å². The molecule has 0 radical (unpaired) electrons. The first-order chi connectivity index (χ1) is 6.93. The predicted octanol–water partition coefficient (Wildman–Crippen LogP) is 1.33. The molecule has 1 saturated heterocycles. The van der Waals surface area contributed by atoms with Crippen molar-refractivity contribution in [1.29, 1.82) is 0 Å². The van der Waals surface area contributed by atoms with Gasteiger partial charge in [-0.1, -0.05) is 13.8 Å². The van der Waals surface area contributed by atoms with Gasteiger partial charge in [0.2, 0.25) is 0 Å². The quantitative estimate of drug-likeness (QED) is 0.729. The summed E-state index contributed by atoms with van der Waals surface area (Å²) in [7, 11) is 0. The average molecular weight is 214 g/mol. The van der Waals surface area contributed by atoms with Gasteiger partial charge in [0.25, 0.3) is 0 Å². The summed E-state index contributed by atoms with van der Waals surface area (Å²) in [6, 6.07) is 0. The van der Waals surface area contributed by atoms with Crippen LogP contribution in [0.2, 0.25) is 0 Å². The van der Waals surface area contributed by atoms with Crippen LogP contribution in [0.1, 0.15) is 39.5 Å². The summed E-state index contributed by atoms with van der Waals surface area (Å²) in [5.41, 5.74) is -0.710. The first-order valence-electron chi connectivity index (χ1n) is 5.84. The Labute approximate surface area is 91.4 Å². The topological polar surface area (TPSA) is 49.7 Å². The first kappa shape index (κ1) is 11.4. The first-order valence-corrected chi connectivity index (χ1v) is 5.84. The predicted molar refractivity (Wildman–Crippen MR) is 57.5 cm³/mol. The summed E-state index contributed by atoms with van der Waals surface area (Å²) in [6.07, 6.45) is 3.98. The highest BCUT2D eigenvalue weighted by Crippen LogP contribution is 2.52. The summed E-state index contributed by atoms with van der Waals surface area (Å²) < 4.78 is 5.11. The SMILES string of the molecule is CC1(C)CCC(CO)(C2(O)COC2)CC1. The van der Waals surface area contributed by atoms with Crippen LogP contribution in [0, 0.1) is 10.8 Å². The Hall–Kier alpha value is -0.120. The molecule has 1 aliphatic heterocycles. The molecule has 0 amide bonds. The van der Waals surface area contributed by atoms with E-state index in [-0.39, 0.29) is 12.0 Å². The van der Waals surface area contributed by atoms with E-state index in [4.69, 9.17) is 4.74 Å². The Morgan fingerprint density at radius 2 is 1.60 bits per heavy atom. The van der Waals surface area contributed by atoms with Crippen molar-refractivity contribution in [2.24, 2.45) is 10.8 Å². The van der Waals surface area contributed by atoms with Crippen LogP contribution < -0.4 is 0 Å². The van der Waals surface area contributed by atoms with Gasteiger partial charge in [0.1, 0.15) is 5.60 Å². The minimum Gasteiger partial charge on any atom is -0.396 e. The van der Waals surface area contributed by atoms with Crippen molar-refractivity contribution in [3.63, 3.8) is 0 Å². The van der Waals surface area contributed by atoms with Crippen molar-refractivity contribution in [2.75, 3.05) is 19.8 Å². The molecule has 1 heterocycles. The maximum atomic E-state index is 10.4. The molecule has 0 atom stereocenters. The zero-order valence-electron chi connectivity index (χ0n) is 9.75. The van der Waals surface area contributed by atoms with Crippen LogP contribution in [0.5, 0.6) is 0 Å². The van der Waals surface area contributed by atoms with Gasteiger partial charge in [-0.2, -0.15) is 0 Å². The van der Waals surface area contributed by atoms with E-state index >= 15 is 0 Å². The fourth-order valence-electron chi connectivity index (χ4n) is 2.78. The van der Waals surface area contributed by atoms with Gasteiger partial charge in [0, 0.05) is 5.41 Å². The molecule has 2 fully saturated rings. The van der Waals surface area contributed by atoms with Crippen molar-refractivity contribution >= 4 is 0 Å². The minimum absolute atomic E-state index is 0.0862. The van der Waals surface area contributed by atoms with E-state index in [1.807, 2.05) is 0 Å². The third kappa shape index (κ3) is 1.71. The Morgan fingerprint density at radius 3 is 1.93 bits per heavy atom. The van der Waals surface area contributed by atoms with Gasteiger partial charge in [0.05, 0.1) is 19.8 Å². The summed E-state index contributed by atoms with van der Waals surface area (Å²) >= 11 is 0. The number of rotatable bonds is 2. The second kappa shape index (κ2) is 3.44. The zero-order valence-corrected chi connectivity index (χ0v) is 9.75. The van der Waals surface area contributed by atoms with Crippen molar-refractivity contribution in [2.45, 2.75) is 45.1 Å². The molecule has 0 aromatic carbocycles. The standard InChI is InChI=1S/C12H22O3/c1-10(2)3-5-11(7-13,6-4-10)12(14)8-15-9-12/h13-14H,3-9H2,1-2H3. The van der Waals surface area contributed by atoms with Gasteiger partial charge in [-0.05, 0) is 31.1 Å². The molecular formula is C12H22O3. The second-order valence-corrected chi connectivity index (χ2v) is 6.13. The third-order valence-electron chi connectivity index (χ3n) is 4.53. The van der Waals surface area contributed by atoms with E-state index in [2.05, 4.69) is 13.8 Å². The molecule has 0 aromatic heterocycles. The number of hydrogen-bond donors (Lipinski definition) is 2. The van der Waals surface area contributed by atoms with Crippen LogP contribution in [0.25, 0.3) is 0 Å². The van der Waals surface area contributed by atoms with Gasteiger partial charge < -0.3 is 14.9 Å². The number of aliphatic hydroxyl groups is 2. The third-order valence-corrected chi connectivity index (χ3v) is 4.53. The average Bonchev–Trinajstić information content (AvgIpc) is 2.15. The van der Waals surface area contributed by atoms with Gasteiger partial charge in [0.15, 0.2) is 0 Å². The highest BCUT2D eigenvalue weighted by atomic mass is 16.5. The second-order valence-electron chi connectivity index (χ2n) is 6.13. The molecule has 0 unspecified atom stereocenters. The highest BCUT2D eigenvalue weighted by molar-refractivity contribution is 5.05. The molecule has 0 aromatic rings. The molecule has 1 aliphatic carbocycles. The summed E-state index contributed by atoms with van der Waals surface area (Å²) in [4.78, 5) is 0. The Morgan fingerprint density at radius 1 is 1.07 bits per heavy atom. The minimum atomic E-state index is -0.766. The van der Waals surface area contributed by atoms with E-state index in [0.29, 0.717) is 18.6 Å². The molecule has 1 saturated carbocycles. The normalized spacial score (nSPS) is 32.0. The molecule has 0 spiro atoms. The van der Waals surface area contributed by atoms with Gasteiger partial charge in [-0.25, -0.2) is 0 Å². The molecule has 88 valence electrons. The summed E-state index contributed by atoms with van der Waals surface area (Å²) in [5, 5.41) is 20.0. The Kier molecular flexibility index (Phi) is 2.61.